The largest absolute Gasteiger partial charge is 0.494 e. The Labute approximate surface area is 176 Å². The van der Waals surface area contributed by atoms with Gasteiger partial charge in [-0.1, -0.05) is 24.3 Å². The smallest absolute Gasteiger partial charge is 0.245 e. The summed E-state index contributed by atoms with van der Waals surface area (Å²) in [5.74, 6) is 0.300. The molecule has 0 heterocycles. The molecule has 1 N–H and O–H groups in total. The second kappa shape index (κ2) is 7.99. The number of nitrogens with zero attached hydrogens (tertiary/aromatic N) is 1. The molecule has 1 aliphatic rings. The van der Waals surface area contributed by atoms with E-state index >= 15 is 0 Å². The van der Waals surface area contributed by atoms with Crippen molar-refractivity contribution in [1.82, 2.24) is 0 Å². The molecule has 0 atom stereocenters. The summed E-state index contributed by atoms with van der Waals surface area (Å²) in [5, 5.41) is 4.74. The van der Waals surface area contributed by atoms with Crippen molar-refractivity contribution >= 4 is 38.1 Å². The maximum Gasteiger partial charge on any atom is 0.245 e. The average molecular weight is 425 g/mol. The highest BCUT2D eigenvalue weighted by atomic mass is 32.2. The van der Waals surface area contributed by atoms with Crippen LogP contribution in [0.3, 0.4) is 0 Å². The van der Waals surface area contributed by atoms with Crippen molar-refractivity contribution in [2.24, 2.45) is 0 Å². The van der Waals surface area contributed by atoms with Crippen LogP contribution in [0.4, 0.5) is 11.4 Å². The second-order valence-electron chi connectivity index (χ2n) is 7.36. The lowest BCUT2D eigenvalue weighted by atomic mass is 10.0. The Morgan fingerprint density at radius 2 is 1.73 bits per heavy atom. The molecule has 0 unspecified atom stereocenters. The van der Waals surface area contributed by atoms with Crippen molar-refractivity contribution < 1.29 is 17.9 Å². The van der Waals surface area contributed by atoms with Crippen LogP contribution >= 0.6 is 0 Å². The summed E-state index contributed by atoms with van der Waals surface area (Å²) in [5.41, 5.74) is 3.55. The number of benzene rings is 3. The summed E-state index contributed by atoms with van der Waals surface area (Å²) >= 11 is 0. The van der Waals surface area contributed by atoms with Gasteiger partial charge < -0.3 is 10.1 Å². The maximum atomic E-state index is 12.7. The second-order valence-corrected chi connectivity index (χ2v) is 9.27. The van der Waals surface area contributed by atoms with E-state index in [1.807, 2.05) is 25.1 Å². The highest BCUT2D eigenvalue weighted by Crippen LogP contribution is 2.37. The van der Waals surface area contributed by atoms with Gasteiger partial charge in [-0.3, -0.25) is 9.10 Å². The predicted molar refractivity (Wildman–Crippen MR) is 120 cm³/mol. The molecular weight excluding hydrogens is 400 g/mol. The zero-order chi connectivity index (χ0) is 21.3. The van der Waals surface area contributed by atoms with E-state index in [0.717, 1.165) is 29.9 Å². The number of hydrogen-bond donors (Lipinski definition) is 1. The summed E-state index contributed by atoms with van der Waals surface area (Å²) in [4.78, 5) is 12.7. The van der Waals surface area contributed by atoms with E-state index in [9.17, 15) is 13.2 Å². The number of aryl methyl sites for hydroxylation is 2. The Hall–Kier alpha value is -3.06. The van der Waals surface area contributed by atoms with E-state index in [1.165, 1.54) is 15.4 Å². The Morgan fingerprint density at radius 1 is 1.03 bits per heavy atom. The zero-order valence-electron chi connectivity index (χ0n) is 17.0. The van der Waals surface area contributed by atoms with Gasteiger partial charge in [-0.25, -0.2) is 8.42 Å². The summed E-state index contributed by atoms with van der Waals surface area (Å²) in [6.45, 7) is 2.16. The zero-order valence-corrected chi connectivity index (χ0v) is 17.8. The molecule has 0 saturated heterocycles. The molecule has 4 rings (SSSR count). The first kappa shape index (κ1) is 20.2. The topological polar surface area (TPSA) is 75.7 Å². The standard InChI is InChI=1S/C23H24N2O4S/c1-3-29-19-12-10-18(11-13-19)24-22(26)15-25(30(2,27)28)21-14-9-17-8-7-16-5-4-6-20(21)23(16)17/h4-6,9-14H,3,7-8,15H2,1-2H3,(H,24,26). The first-order chi connectivity index (χ1) is 14.4. The summed E-state index contributed by atoms with van der Waals surface area (Å²) < 4.78 is 31.8. The normalized spacial score (nSPS) is 12.7. The summed E-state index contributed by atoms with van der Waals surface area (Å²) in [7, 11) is -3.66. The molecule has 1 amide bonds. The van der Waals surface area contributed by atoms with Crippen LogP contribution in [0.15, 0.2) is 54.6 Å². The Balaban J connectivity index is 1.62. The van der Waals surface area contributed by atoms with E-state index in [2.05, 4.69) is 11.4 Å². The van der Waals surface area contributed by atoms with Gasteiger partial charge in [0.1, 0.15) is 12.3 Å². The molecule has 0 saturated carbocycles. The van der Waals surface area contributed by atoms with Gasteiger partial charge in [-0.2, -0.15) is 0 Å². The number of carbonyl (C=O) groups excluding carboxylic acids is 1. The number of ether oxygens (including phenoxy) is 1. The maximum absolute atomic E-state index is 12.7. The molecule has 0 aromatic heterocycles. The SMILES string of the molecule is CCOc1ccc(NC(=O)CN(c2ccc3c4c(cccc24)CC3)S(C)(=O)=O)cc1. The molecule has 1 aliphatic carbocycles. The van der Waals surface area contributed by atoms with Crippen LogP contribution < -0.4 is 14.4 Å². The van der Waals surface area contributed by atoms with E-state index in [-0.39, 0.29) is 6.54 Å². The molecular formula is C23H24N2O4S. The predicted octanol–water partition coefficient (Wildman–Crippen LogP) is 3.74. The quantitative estimate of drug-likeness (QED) is 0.627. The lowest BCUT2D eigenvalue weighted by Crippen LogP contribution is -2.37. The lowest BCUT2D eigenvalue weighted by molar-refractivity contribution is -0.114. The van der Waals surface area contributed by atoms with Gasteiger partial charge in [0.15, 0.2) is 0 Å². The van der Waals surface area contributed by atoms with Crippen LogP contribution in [0, 0.1) is 0 Å². The first-order valence-electron chi connectivity index (χ1n) is 9.90. The Bertz CT molecular complexity index is 1190. The summed E-state index contributed by atoms with van der Waals surface area (Å²) in [6, 6.07) is 16.7. The fourth-order valence-electron chi connectivity index (χ4n) is 3.96. The number of nitrogens with one attached hydrogen (secondary N) is 1. The Kier molecular flexibility index (Phi) is 5.39. The van der Waals surface area contributed by atoms with Gasteiger partial charge in [0, 0.05) is 11.1 Å². The number of sulfonamides is 1. The molecule has 0 bridgehead atoms. The molecule has 0 radical (unpaired) electrons. The number of carbonyl (C=O) groups is 1. The number of anilines is 2. The number of hydrogen-bond acceptors (Lipinski definition) is 4. The van der Waals surface area contributed by atoms with Crippen LogP contribution in [0.2, 0.25) is 0 Å². The van der Waals surface area contributed by atoms with Crippen LogP contribution in [0.5, 0.6) is 5.75 Å². The molecule has 0 fully saturated rings. The van der Waals surface area contributed by atoms with Crippen molar-refractivity contribution in [3.05, 3.63) is 65.7 Å². The average Bonchev–Trinajstić information content (AvgIpc) is 3.13. The van der Waals surface area contributed by atoms with Gasteiger partial charge in [0.2, 0.25) is 15.9 Å². The van der Waals surface area contributed by atoms with Gasteiger partial charge in [0.05, 0.1) is 18.6 Å². The van der Waals surface area contributed by atoms with Gasteiger partial charge in [0.25, 0.3) is 0 Å². The minimum absolute atomic E-state index is 0.301. The van der Waals surface area contributed by atoms with Crippen molar-refractivity contribution in [2.75, 3.05) is 29.0 Å². The highest BCUT2D eigenvalue weighted by molar-refractivity contribution is 7.92. The van der Waals surface area contributed by atoms with Crippen molar-refractivity contribution in [3.8, 4) is 5.75 Å². The fourth-order valence-corrected chi connectivity index (χ4v) is 4.83. The van der Waals surface area contributed by atoms with Crippen LogP contribution in [0.25, 0.3) is 10.8 Å². The Morgan fingerprint density at radius 3 is 2.40 bits per heavy atom. The van der Waals surface area contributed by atoms with E-state index in [0.29, 0.717) is 23.7 Å². The van der Waals surface area contributed by atoms with Crippen molar-refractivity contribution in [3.63, 3.8) is 0 Å². The van der Waals surface area contributed by atoms with Crippen LogP contribution in [0.1, 0.15) is 18.1 Å². The molecule has 0 spiro atoms. The van der Waals surface area contributed by atoms with Crippen LogP contribution in [-0.2, 0) is 27.7 Å². The third kappa shape index (κ3) is 3.98. The van der Waals surface area contributed by atoms with E-state index < -0.39 is 15.9 Å². The van der Waals surface area contributed by atoms with Crippen LogP contribution in [-0.4, -0.2) is 33.7 Å². The molecule has 0 aliphatic heterocycles. The van der Waals surface area contributed by atoms with Gasteiger partial charge >= 0.3 is 0 Å². The van der Waals surface area contributed by atoms with Gasteiger partial charge in [-0.15, -0.1) is 0 Å². The molecule has 6 nitrogen and oxygen atoms in total. The highest BCUT2D eigenvalue weighted by Gasteiger charge is 2.25. The minimum Gasteiger partial charge on any atom is -0.494 e. The number of amides is 1. The van der Waals surface area contributed by atoms with E-state index in [1.54, 1.807) is 30.3 Å². The molecule has 30 heavy (non-hydrogen) atoms. The number of rotatable bonds is 7. The van der Waals surface area contributed by atoms with E-state index in [4.69, 9.17) is 4.74 Å². The molecule has 7 heteroatoms. The minimum atomic E-state index is -3.66. The first-order valence-corrected chi connectivity index (χ1v) is 11.8. The van der Waals surface area contributed by atoms with Crippen molar-refractivity contribution in [1.29, 1.82) is 0 Å². The monoisotopic (exact) mass is 424 g/mol. The molecule has 156 valence electrons. The molecule has 3 aromatic rings. The third-order valence-corrected chi connectivity index (χ3v) is 6.39. The lowest BCUT2D eigenvalue weighted by Gasteiger charge is -2.24. The molecule has 3 aromatic carbocycles. The van der Waals surface area contributed by atoms with Crippen molar-refractivity contribution in [2.45, 2.75) is 19.8 Å². The van der Waals surface area contributed by atoms with Gasteiger partial charge in [-0.05, 0) is 66.6 Å². The summed E-state index contributed by atoms with van der Waals surface area (Å²) in [6.07, 6.45) is 3.03. The third-order valence-electron chi connectivity index (χ3n) is 5.26. The fraction of sp³-hybridized carbons (Fsp3) is 0.261.